The molecule has 0 saturated carbocycles. The molecule has 1 saturated heterocycles. The highest BCUT2D eigenvalue weighted by atomic mass is 35.5. The molecule has 0 unspecified atom stereocenters. The zero-order valence-electron chi connectivity index (χ0n) is 27.9. The lowest BCUT2D eigenvalue weighted by Gasteiger charge is -2.28. The number of alkyl halides is 2. The molecule has 0 bridgehead atoms. The highest BCUT2D eigenvalue weighted by Gasteiger charge is 2.42. The molecule has 2 aliphatic heterocycles. The number of imidazole rings is 1. The van der Waals surface area contributed by atoms with Gasteiger partial charge in [-0.3, -0.25) is 4.79 Å². The summed E-state index contributed by atoms with van der Waals surface area (Å²) in [7, 11) is 0. The van der Waals surface area contributed by atoms with Crippen LogP contribution in [0.15, 0.2) is 42.7 Å². The predicted molar refractivity (Wildman–Crippen MR) is 164 cm³/mol. The van der Waals surface area contributed by atoms with Gasteiger partial charge in [-0.05, 0) is 39.0 Å². The average Bonchev–Trinajstić information content (AvgIpc) is 3.52. The second-order valence-electron chi connectivity index (χ2n) is 11.9. The predicted octanol–water partition coefficient (Wildman–Crippen LogP) is 5.72. The number of rotatable bonds is 6. The first kappa shape index (κ1) is 27.7. The number of benzene rings is 2. The number of fused-ring (bicyclic) bond motifs is 3. The first-order valence-corrected chi connectivity index (χ1v) is 14.7. The SMILES string of the molecule is [2H]C([2H])([2H])N(C(=O)OC(C)(C)C)[C@@H]1C[C@H](c2c(Cl)cccc2OC(F)F)n2c1nc1cc(F)c(-c3cnc(N4CCNC(=O)C4)nc3)cc12. The third-order valence-electron chi connectivity index (χ3n) is 7.60. The summed E-state index contributed by atoms with van der Waals surface area (Å²) in [6.07, 6.45) is 1.48. The molecule has 4 heterocycles. The Labute approximate surface area is 271 Å². The van der Waals surface area contributed by atoms with Gasteiger partial charge in [0.05, 0.1) is 29.7 Å². The summed E-state index contributed by atoms with van der Waals surface area (Å²) < 4.78 is 79.6. The smallest absolute Gasteiger partial charge is 0.410 e. The highest BCUT2D eigenvalue weighted by molar-refractivity contribution is 6.31. The number of aromatic nitrogens is 4. The molecule has 0 spiro atoms. The molecule has 1 N–H and O–H groups in total. The Morgan fingerprint density at radius 3 is 2.67 bits per heavy atom. The van der Waals surface area contributed by atoms with Crippen molar-refractivity contribution in [3.63, 3.8) is 0 Å². The summed E-state index contributed by atoms with van der Waals surface area (Å²) in [5.41, 5.74) is -0.247. The Morgan fingerprint density at radius 1 is 1.24 bits per heavy atom. The van der Waals surface area contributed by atoms with E-state index in [9.17, 15) is 18.4 Å². The van der Waals surface area contributed by atoms with Gasteiger partial charge in [-0.25, -0.2) is 24.1 Å². The number of hydrogen-bond acceptors (Lipinski definition) is 8. The van der Waals surface area contributed by atoms with Crippen molar-refractivity contribution in [3.8, 4) is 16.9 Å². The van der Waals surface area contributed by atoms with Gasteiger partial charge in [-0.1, -0.05) is 17.7 Å². The second-order valence-corrected chi connectivity index (χ2v) is 12.3. The topological polar surface area (TPSA) is 115 Å². The van der Waals surface area contributed by atoms with Crippen LogP contribution in [-0.4, -0.2) is 75.2 Å². The van der Waals surface area contributed by atoms with Crippen LogP contribution in [0.2, 0.25) is 5.02 Å². The number of ether oxygens (including phenoxy) is 2. The molecule has 46 heavy (non-hydrogen) atoms. The average molecular weight is 661 g/mol. The molecule has 1 fully saturated rings. The van der Waals surface area contributed by atoms with Crippen LogP contribution in [0.1, 0.15) is 54.8 Å². The number of nitrogens with zero attached hydrogens (tertiary/aromatic N) is 6. The fraction of sp³-hybridized carbons (Fsp3) is 0.387. The summed E-state index contributed by atoms with van der Waals surface area (Å²) in [6, 6.07) is 4.50. The van der Waals surface area contributed by atoms with Crippen LogP contribution >= 0.6 is 11.6 Å². The van der Waals surface area contributed by atoms with Gasteiger partial charge in [0.25, 0.3) is 0 Å². The normalized spacial score (nSPS) is 19.3. The van der Waals surface area contributed by atoms with Gasteiger partial charge < -0.3 is 29.2 Å². The van der Waals surface area contributed by atoms with E-state index in [0.29, 0.717) is 18.0 Å². The van der Waals surface area contributed by atoms with Crippen LogP contribution in [0, 0.1) is 5.82 Å². The summed E-state index contributed by atoms with van der Waals surface area (Å²) in [5, 5.41) is 2.75. The van der Waals surface area contributed by atoms with E-state index in [1.54, 1.807) is 30.2 Å². The Bertz CT molecular complexity index is 1920. The number of hydrogen-bond donors (Lipinski definition) is 1. The number of piperazine rings is 1. The number of amides is 2. The van der Waals surface area contributed by atoms with E-state index in [-0.39, 0.29) is 69.1 Å². The van der Waals surface area contributed by atoms with Gasteiger partial charge in [-0.15, -0.1) is 0 Å². The quantitative estimate of drug-likeness (QED) is 0.279. The molecule has 2 aromatic heterocycles. The molecular weight excluding hydrogens is 627 g/mol. The fourth-order valence-electron chi connectivity index (χ4n) is 5.72. The minimum Gasteiger partial charge on any atom is -0.444 e. The third-order valence-corrected chi connectivity index (χ3v) is 7.93. The first-order chi connectivity index (χ1) is 23.0. The second kappa shape index (κ2) is 12.0. The summed E-state index contributed by atoms with van der Waals surface area (Å²) in [6.45, 7) is -0.516. The van der Waals surface area contributed by atoms with Crippen molar-refractivity contribution in [2.75, 3.05) is 31.5 Å². The van der Waals surface area contributed by atoms with Gasteiger partial charge in [0.15, 0.2) is 0 Å². The highest BCUT2D eigenvalue weighted by Crippen LogP contribution is 2.49. The summed E-state index contributed by atoms with van der Waals surface area (Å²) in [5.74, 6) is -0.828. The minimum absolute atomic E-state index is 0.0343. The van der Waals surface area contributed by atoms with Crippen LogP contribution < -0.4 is 15.0 Å². The lowest BCUT2D eigenvalue weighted by Crippen LogP contribution is -2.48. The molecule has 0 aliphatic carbocycles. The first-order valence-electron chi connectivity index (χ1n) is 15.8. The molecule has 11 nitrogen and oxygen atoms in total. The standard InChI is InChI=1S/C31H31ClF3N7O4/c1-31(2,3)46-30(44)40(4)23-12-22(26-18(32)6-5-7-24(26)45-28(34)35)42-21-10-17(19(33)11-20(21)39-27(23)42)16-13-37-29(38-14-16)41-9-8-36-25(43)15-41/h5-7,10-11,13-14,22-23,28H,8-9,12,15H2,1-4H3,(H,36,43)/t22-,23-/m1/s1/i4D3. The zero-order chi connectivity index (χ0) is 35.4. The largest absolute Gasteiger partial charge is 0.444 e. The van der Waals surface area contributed by atoms with Gasteiger partial charge >= 0.3 is 12.7 Å². The van der Waals surface area contributed by atoms with Crippen LogP contribution in [0.25, 0.3) is 22.2 Å². The van der Waals surface area contributed by atoms with Crippen molar-refractivity contribution in [3.05, 3.63) is 65.0 Å². The molecule has 2 atom stereocenters. The maximum atomic E-state index is 15.8. The van der Waals surface area contributed by atoms with Crippen LogP contribution in [-0.2, 0) is 9.53 Å². The Morgan fingerprint density at radius 2 is 2.00 bits per heavy atom. The van der Waals surface area contributed by atoms with Crippen molar-refractivity contribution in [2.45, 2.75) is 51.5 Å². The molecule has 0 radical (unpaired) electrons. The number of carbonyl (C=O) groups excluding carboxylic acids is 2. The molecule has 2 amide bonds. The molecular formula is C31H31ClF3N7O4. The van der Waals surface area contributed by atoms with Crippen molar-refractivity contribution in [1.82, 2.24) is 29.7 Å². The zero-order valence-corrected chi connectivity index (χ0v) is 25.7. The van der Waals surface area contributed by atoms with Crippen LogP contribution in [0.4, 0.5) is 23.9 Å². The Balaban J connectivity index is 1.51. The van der Waals surface area contributed by atoms with E-state index in [0.717, 1.165) is 6.07 Å². The van der Waals surface area contributed by atoms with E-state index in [1.165, 1.54) is 36.7 Å². The molecule has 2 aromatic carbocycles. The van der Waals surface area contributed by atoms with E-state index >= 15 is 4.39 Å². The maximum absolute atomic E-state index is 15.8. The number of anilines is 1. The van der Waals surface area contributed by atoms with E-state index in [1.807, 2.05) is 0 Å². The lowest BCUT2D eigenvalue weighted by atomic mass is 10.00. The summed E-state index contributed by atoms with van der Waals surface area (Å²) >= 11 is 6.60. The Kier molecular flexibility index (Phi) is 7.21. The Hall–Kier alpha value is -4.59. The van der Waals surface area contributed by atoms with Gasteiger partial charge in [0.2, 0.25) is 11.9 Å². The van der Waals surface area contributed by atoms with Crippen molar-refractivity contribution in [1.29, 1.82) is 0 Å². The lowest BCUT2D eigenvalue weighted by molar-refractivity contribution is -0.120. The van der Waals surface area contributed by atoms with Gasteiger partial charge in [0, 0.05) is 70.8 Å². The number of carbonyl (C=O) groups is 2. The molecule has 15 heteroatoms. The van der Waals surface area contributed by atoms with Crippen LogP contribution in [0.5, 0.6) is 5.75 Å². The van der Waals surface area contributed by atoms with Gasteiger partial charge in [0.1, 0.15) is 23.0 Å². The molecule has 2 aliphatic rings. The number of halogens is 4. The third kappa shape index (κ3) is 6.00. The monoisotopic (exact) mass is 660 g/mol. The van der Waals surface area contributed by atoms with Crippen LogP contribution in [0.3, 0.4) is 0 Å². The molecule has 6 rings (SSSR count). The van der Waals surface area contributed by atoms with E-state index < -0.39 is 43.2 Å². The van der Waals surface area contributed by atoms with E-state index in [4.69, 9.17) is 25.2 Å². The fourth-order valence-corrected chi connectivity index (χ4v) is 6.01. The van der Waals surface area contributed by atoms with Crippen molar-refractivity contribution < 1.29 is 36.3 Å². The summed E-state index contributed by atoms with van der Waals surface area (Å²) in [4.78, 5) is 40.8. The molecule has 4 aromatic rings. The van der Waals surface area contributed by atoms with E-state index in [2.05, 4.69) is 20.3 Å². The molecule has 242 valence electrons. The van der Waals surface area contributed by atoms with Crippen molar-refractivity contribution in [2.24, 2.45) is 0 Å². The van der Waals surface area contributed by atoms with Crippen molar-refractivity contribution >= 4 is 40.6 Å². The maximum Gasteiger partial charge on any atom is 0.410 e. The van der Waals surface area contributed by atoms with Gasteiger partial charge in [-0.2, -0.15) is 8.78 Å². The number of nitrogens with one attached hydrogen (secondary N) is 1. The minimum atomic E-state index is -3.21.